The van der Waals surface area contributed by atoms with Crippen LogP contribution in [0.1, 0.15) is 19.4 Å². The Morgan fingerprint density at radius 2 is 1.09 bits per heavy atom. The maximum Gasteiger partial charge on any atom is -0.0172 e. The van der Waals surface area contributed by atoms with Crippen LogP contribution in [-0.4, -0.2) is 0 Å². The molecule has 0 fully saturated rings. The number of hydrogen-bond acceptors (Lipinski definition) is 0. The van der Waals surface area contributed by atoms with Crippen molar-refractivity contribution in [1.29, 1.82) is 0 Å². The van der Waals surface area contributed by atoms with E-state index in [0.717, 1.165) is 0 Å². The van der Waals surface area contributed by atoms with Crippen molar-refractivity contribution >= 4 is 5.57 Å². The van der Waals surface area contributed by atoms with Crippen molar-refractivity contribution in [1.82, 2.24) is 0 Å². The summed E-state index contributed by atoms with van der Waals surface area (Å²) in [6, 6.07) is 28.0. The summed E-state index contributed by atoms with van der Waals surface area (Å²) in [5, 5.41) is 0. The zero-order valence-electron chi connectivity index (χ0n) is 13.1. The van der Waals surface area contributed by atoms with Crippen LogP contribution >= 0.6 is 0 Å². The van der Waals surface area contributed by atoms with E-state index in [2.05, 4.69) is 98.8 Å². The molecule has 0 atom stereocenters. The summed E-state index contributed by atoms with van der Waals surface area (Å²) in [6.07, 6.45) is 2.17. The Balaban J connectivity index is 2.19. The Morgan fingerprint density at radius 3 is 1.50 bits per heavy atom. The highest BCUT2D eigenvalue weighted by Gasteiger charge is 2.06. The number of allylic oxidation sites excluding steroid dienone is 2. The normalized spacial score (nSPS) is 11.5. The predicted molar refractivity (Wildman–Crippen MR) is 96.6 cm³/mol. The average molecular weight is 284 g/mol. The summed E-state index contributed by atoms with van der Waals surface area (Å²) in [5.41, 5.74) is 7.62. The second-order valence-electron chi connectivity index (χ2n) is 5.50. The van der Waals surface area contributed by atoms with E-state index < -0.39 is 0 Å². The van der Waals surface area contributed by atoms with Crippen LogP contribution in [0.25, 0.3) is 27.8 Å². The van der Waals surface area contributed by atoms with Crippen molar-refractivity contribution in [3.63, 3.8) is 0 Å². The van der Waals surface area contributed by atoms with Gasteiger partial charge in [-0.1, -0.05) is 66.7 Å². The van der Waals surface area contributed by atoms with Gasteiger partial charge in [0.1, 0.15) is 0 Å². The molecular weight excluding hydrogens is 264 g/mol. The molecule has 22 heavy (non-hydrogen) atoms. The number of rotatable bonds is 3. The lowest BCUT2D eigenvalue weighted by atomic mass is 9.94. The minimum Gasteiger partial charge on any atom is -0.0841 e. The number of hydrogen-bond donors (Lipinski definition) is 0. The van der Waals surface area contributed by atoms with E-state index in [1.165, 1.54) is 33.4 Å². The van der Waals surface area contributed by atoms with Gasteiger partial charge < -0.3 is 0 Å². The fourth-order valence-corrected chi connectivity index (χ4v) is 2.62. The molecule has 0 aromatic heterocycles. The molecule has 0 spiro atoms. The average Bonchev–Trinajstić information content (AvgIpc) is 2.62. The molecule has 0 saturated carbocycles. The van der Waals surface area contributed by atoms with E-state index in [1.54, 1.807) is 0 Å². The Kier molecular flexibility index (Phi) is 4.20. The largest absolute Gasteiger partial charge is 0.0841 e. The van der Waals surface area contributed by atoms with Crippen molar-refractivity contribution in [3.05, 3.63) is 90.5 Å². The topological polar surface area (TPSA) is 0 Å². The first-order valence-electron chi connectivity index (χ1n) is 7.67. The van der Waals surface area contributed by atoms with Crippen molar-refractivity contribution in [2.24, 2.45) is 0 Å². The summed E-state index contributed by atoms with van der Waals surface area (Å²) in [4.78, 5) is 0. The summed E-state index contributed by atoms with van der Waals surface area (Å²) in [5.74, 6) is 0. The standard InChI is InChI=1S/C22H20/c1-3-17(2)20-14-21(18-10-6-4-7-11-18)16-22(15-20)19-12-8-5-9-13-19/h3-16H,1-2H3/b17-3+. The molecule has 3 aromatic carbocycles. The Hall–Kier alpha value is -2.60. The van der Waals surface area contributed by atoms with Crippen LogP contribution in [0.2, 0.25) is 0 Å². The summed E-state index contributed by atoms with van der Waals surface area (Å²) in [6.45, 7) is 4.26. The van der Waals surface area contributed by atoms with E-state index in [-0.39, 0.29) is 0 Å². The molecule has 3 rings (SSSR count). The van der Waals surface area contributed by atoms with Crippen LogP contribution in [0, 0.1) is 0 Å². The molecule has 0 aliphatic heterocycles. The van der Waals surface area contributed by atoms with Gasteiger partial charge in [0.25, 0.3) is 0 Å². The van der Waals surface area contributed by atoms with Gasteiger partial charge in [-0.2, -0.15) is 0 Å². The highest BCUT2D eigenvalue weighted by molar-refractivity contribution is 5.79. The van der Waals surface area contributed by atoms with Gasteiger partial charge in [0.15, 0.2) is 0 Å². The highest BCUT2D eigenvalue weighted by Crippen LogP contribution is 2.30. The van der Waals surface area contributed by atoms with Gasteiger partial charge in [0.2, 0.25) is 0 Å². The molecule has 0 aliphatic carbocycles. The quantitative estimate of drug-likeness (QED) is 0.519. The molecule has 0 unspecified atom stereocenters. The van der Waals surface area contributed by atoms with Crippen LogP contribution < -0.4 is 0 Å². The first-order valence-corrected chi connectivity index (χ1v) is 7.67. The van der Waals surface area contributed by atoms with Crippen LogP contribution in [0.3, 0.4) is 0 Å². The van der Waals surface area contributed by atoms with Gasteiger partial charge in [-0.15, -0.1) is 0 Å². The maximum absolute atomic E-state index is 2.27. The molecule has 0 radical (unpaired) electrons. The summed E-state index contributed by atoms with van der Waals surface area (Å²) < 4.78 is 0. The van der Waals surface area contributed by atoms with Crippen LogP contribution in [0.15, 0.2) is 84.9 Å². The fourth-order valence-electron chi connectivity index (χ4n) is 2.62. The number of benzene rings is 3. The van der Waals surface area contributed by atoms with Gasteiger partial charge in [-0.05, 0) is 65.4 Å². The summed E-state index contributed by atoms with van der Waals surface area (Å²) >= 11 is 0. The van der Waals surface area contributed by atoms with Crippen LogP contribution in [0.4, 0.5) is 0 Å². The second kappa shape index (κ2) is 6.44. The lowest BCUT2D eigenvalue weighted by molar-refractivity contribution is 1.51. The third-order valence-corrected chi connectivity index (χ3v) is 4.04. The van der Waals surface area contributed by atoms with Gasteiger partial charge in [-0.3, -0.25) is 0 Å². The van der Waals surface area contributed by atoms with Crippen LogP contribution in [0.5, 0.6) is 0 Å². The Morgan fingerprint density at radius 1 is 0.636 bits per heavy atom. The smallest absolute Gasteiger partial charge is 0.0172 e. The molecule has 0 N–H and O–H groups in total. The Labute approximate surface area is 132 Å². The molecule has 0 bridgehead atoms. The van der Waals surface area contributed by atoms with E-state index in [1.807, 2.05) is 0 Å². The second-order valence-corrected chi connectivity index (χ2v) is 5.50. The minimum atomic E-state index is 1.26. The van der Waals surface area contributed by atoms with Crippen molar-refractivity contribution < 1.29 is 0 Å². The third-order valence-electron chi connectivity index (χ3n) is 4.04. The van der Waals surface area contributed by atoms with E-state index in [0.29, 0.717) is 0 Å². The SMILES string of the molecule is C/C=C(\C)c1cc(-c2ccccc2)cc(-c2ccccc2)c1. The first kappa shape index (κ1) is 14.3. The molecule has 0 heterocycles. The van der Waals surface area contributed by atoms with E-state index in [9.17, 15) is 0 Å². The monoisotopic (exact) mass is 284 g/mol. The van der Waals surface area contributed by atoms with Gasteiger partial charge in [0, 0.05) is 0 Å². The molecule has 0 aliphatic rings. The van der Waals surface area contributed by atoms with E-state index >= 15 is 0 Å². The molecule has 108 valence electrons. The van der Waals surface area contributed by atoms with Gasteiger partial charge in [0.05, 0.1) is 0 Å². The molecule has 0 nitrogen and oxygen atoms in total. The lowest BCUT2D eigenvalue weighted by Crippen LogP contribution is -1.87. The molecule has 0 heteroatoms. The third kappa shape index (κ3) is 3.01. The van der Waals surface area contributed by atoms with Crippen molar-refractivity contribution in [3.8, 4) is 22.3 Å². The zero-order valence-corrected chi connectivity index (χ0v) is 13.1. The van der Waals surface area contributed by atoms with Gasteiger partial charge >= 0.3 is 0 Å². The van der Waals surface area contributed by atoms with Crippen molar-refractivity contribution in [2.45, 2.75) is 13.8 Å². The molecule has 0 amide bonds. The Bertz CT molecular complexity index is 723. The maximum atomic E-state index is 2.27. The predicted octanol–water partition coefficient (Wildman–Crippen LogP) is 6.44. The molecule has 3 aromatic rings. The van der Waals surface area contributed by atoms with Crippen LogP contribution in [-0.2, 0) is 0 Å². The fraction of sp³-hybridized carbons (Fsp3) is 0.0909. The minimum absolute atomic E-state index is 1.26. The van der Waals surface area contributed by atoms with Crippen molar-refractivity contribution in [2.75, 3.05) is 0 Å². The highest BCUT2D eigenvalue weighted by atomic mass is 14.1. The zero-order chi connectivity index (χ0) is 15.4. The van der Waals surface area contributed by atoms with Gasteiger partial charge in [-0.25, -0.2) is 0 Å². The first-order chi connectivity index (χ1) is 10.8. The van der Waals surface area contributed by atoms with E-state index in [4.69, 9.17) is 0 Å². The molecular formula is C22H20. The molecule has 0 saturated heterocycles. The summed E-state index contributed by atoms with van der Waals surface area (Å²) in [7, 11) is 0. The lowest BCUT2D eigenvalue weighted by Gasteiger charge is -2.11.